The van der Waals surface area contributed by atoms with Gasteiger partial charge in [-0.3, -0.25) is 4.79 Å². The van der Waals surface area contributed by atoms with Crippen molar-refractivity contribution in [2.24, 2.45) is 11.7 Å². The summed E-state index contributed by atoms with van der Waals surface area (Å²) < 4.78 is 0. The predicted octanol–water partition coefficient (Wildman–Crippen LogP) is 1.07. The number of nitrogens with one attached hydrogen (secondary N) is 2. The Balaban J connectivity index is 1.88. The van der Waals surface area contributed by atoms with Crippen molar-refractivity contribution < 1.29 is 9.59 Å². The summed E-state index contributed by atoms with van der Waals surface area (Å²) in [5, 5.41) is 5.59. The van der Waals surface area contributed by atoms with Gasteiger partial charge in [0, 0.05) is 25.7 Å². The summed E-state index contributed by atoms with van der Waals surface area (Å²) in [5.41, 5.74) is 6.87. The van der Waals surface area contributed by atoms with E-state index < -0.39 is 6.04 Å². The van der Waals surface area contributed by atoms with Crippen molar-refractivity contribution in [3.05, 3.63) is 35.9 Å². The molecule has 126 valence electrons. The normalized spacial score (nSPS) is 18.8. The monoisotopic (exact) mass is 318 g/mol. The van der Waals surface area contributed by atoms with Crippen molar-refractivity contribution in [1.29, 1.82) is 0 Å². The quantitative estimate of drug-likeness (QED) is 0.759. The van der Waals surface area contributed by atoms with Crippen LogP contribution in [0, 0.1) is 5.92 Å². The standard InChI is InChI=1S/C17H26N4O2/c1-12(2)15(16(22)21-9-8-14(18)11-21)20-17(23)19-10-13-6-4-3-5-7-13/h3-7,12,14-15H,8-11,18H2,1-2H3,(H2,19,20,23)/t14-,15?/m1/s1. The molecule has 1 aromatic carbocycles. The molecule has 1 aromatic rings. The van der Waals surface area contributed by atoms with Gasteiger partial charge in [-0.15, -0.1) is 0 Å². The zero-order chi connectivity index (χ0) is 16.8. The fraction of sp³-hybridized carbons (Fsp3) is 0.529. The molecule has 2 atom stereocenters. The predicted molar refractivity (Wildman–Crippen MR) is 89.6 cm³/mol. The van der Waals surface area contributed by atoms with Gasteiger partial charge in [0.15, 0.2) is 0 Å². The SMILES string of the molecule is CC(C)C(NC(=O)NCc1ccccc1)C(=O)N1CC[C@@H](N)C1. The Kier molecular flexibility index (Phi) is 5.98. The third-order valence-corrected chi connectivity index (χ3v) is 4.05. The van der Waals surface area contributed by atoms with E-state index in [-0.39, 0.29) is 23.9 Å². The molecule has 3 amide bonds. The summed E-state index contributed by atoms with van der Waals surface area (Å²) in [6.45, 7) is 5.51. The van der Waals surface area contributed by atoms with Crippen LogP contribution in [0.3, 0.4) is 0 Å². The molecule has 0 saturated carbocycles. The lowest BCUT2D eigenvalue weighted by Crippen LogP contribution is -2.53. The Hall–Kier alpha value is -2.08. The third kappa shape index (κ3) is 4.96. The first-order valence-corrected chi connectivity index (χ1v) is 8.10. The first-order chi connectivity index (χ1) is 11.0. The van der Waals surface area contributed by atoms with Gasteiger partial charge < -0.3 is 21.3 Å². The second-order valence-electron chi connectivity index (χ2n) is 6.37. The zero-order valence-electron chi connectivity index (χ0n) is 13.8. The number of carbonyl (C=O) groups is 2. The van der Waals surface area contributed by atoms with Crippen LogP contribution in [0.1, 0.15) is 25.8 Å². The third-order valence-electron chi connectivity index (χ3n) is 4.05. The fourth-order valence-corrected chi connectivity index (χ4v) is 2.67. The highest BCUT2D eigenvalue weighted by atomic mass is 16.2. The summed E-state index contributed by atoms with van der Waals surface area (Å²) in [6, 6.07) is 8.84. The van der Waals surface area contributed by atoms with E-state index in [1.807, 2.05) is 44.2 Å². The Morgan fingerprint density at radius 2 is 2.00 bits per heavy atom. The summed E-state index contributed by atoms with van der Waals surface area (Å²) in [5.74, 6) is -0.0374. The molecule has 1 heterocycles. The van der Waals surface area contributed by atoms with Crippen LogP contribution in [0.25, 0.3) is 0 Å². The van der Waals surface area contributed by atoms with Crippen LogP contribution in [-0.2, 0) is 11.3 Å². The van der Waals surface area contributed by atoms with Crippen LogP contribution in [0.2, 0.25) is 0 Å². The highest BCUT2D eigenvalue weighted by molar-refractivity contribution is 5.87. The number of likely N-dealkylation sites (tertiary alicyclic amines) is 1. The first kappa shape index (κ1) is 17.3. The smallest absolute Gasteiger partial charge is 0.315 e. The molecular weight excluding hydrogens is 292 g/mol. The van der Waals surface area contributed by atoms with Gasteiger partial charge in [0.05, 0.1) is 0 Å². The lowest BCUT2D eigenvalue weighted by molar-refractivity contribution is -0.133. The van der Waals surface area contributed by atoms with E-state index in [4.69, 9.17) is 5.73 Å². The van der Waals surface area contributed by atoms with Gasteiger partial charge in [-0.25, -0.2) is 4.79 Å². The van der Waals surface area contributed by atoms with Gasteiger partial charge in [0.2, 0.25) is 5.91 Å². The second kappa shape index (κ2) is 7.97. The molecule has 0 aromatic heterocycles. The summed E-state index contributed by atoms with van der Waals surface area (Å²) in [7, 11) is 0. The largest absolute Gasteiger partial charge is 0.339 e. The zero-order valence-corrected chi connectivity index (χ0v) is 13.8. The number of amides is 3. The molecule has 0 bridgehead atoms. The lowest BCUT2D eigenvalue weighted by Gasteiger charge is -2.26. The van der Waals surface area contributed by atoms with E-state index in [9.17, 15) is 9.59 Å². The average molecular weight is 318 g/mol. The Labute approximate surface area is 137 Å². The summed E-state index contributed by atoms with van der Waals surface area (Å²) >= 11 is 0. The van der Waals surface area contributed by atoms with Crippen LogP contribution in [-0.4, -0.2) is 42.0 Å². The van der Waals surface area contributed by atoms with Gasteiger partial charge >= 0.3 is 6.03 Å². The summed E-state index contributed by atoms with van der Waals surface area (Å²) in [6.07, 6.45) is 0.816. The molecule has 1 saturated heterocycles. The number of hydrogen-bond acceptors (Lipinski definition) is 3. The molecule has 1 aliphatic rings. The number of benzene rings is 1. The van der Waals surface area contributed by atoms with Crippen molar-refractivity contribution in [2.75, 3.05) is 13.1 Å². The number of rotatable bonds is 5. The van der Waals surface area contributed by atoms with Crippen LogP contribution in [0.5, 0.6) is 0 Å². The maximum atomic E-state index is 12.6. The topological polar surface area (TPSA) is 87.5 Å². The first-order valence-electron chi connectivity index (χ1n) is 8.10. The van der Waals surface area contributed by atoms with E-state index in [2.05, 4.69) is 10.6 Å². The molecule has 6 heteroatoms. The van der Waals surface area contributed by atoms with E-state index in [0.717, 1.165) is 12.0 Å². The average Bonchev–Trinajstić information content (AvgIpc) is 2.97. The molecule has 0 spiro atoms. The maximum absolute atomic E-state index is 12.6. The Bertz CT molecular complexity index is 533. The number of nitrogens with two attached hydrogens (primary N) is 1. The van der Waals surface area contributed by atoms with Gasteiger partial charge in [0.1, 0.15) is 6.04 Å². The minimum absolute atomic E-state index is 0.0156. The Morgan fingerprint density at radius 1 is 1.30 bits per heavy atom. The minimum atomic E-state index is -0.531. The van der Waals surface area contributed by atoms with Crippen LogP contribution in [0.4, 0.5) is 4.79 Å². The van der Waals surface area contributed by atoms with Crippen molar-refractivity contribution in [1.82, 2.24) is 15.5 Å². The van der Waals surface area contributed by atoms with Gasteiger partial charge in [-0.1, -0.05) is 44.2 Å². The lowest BCUT2D eigenvalue weighted by atomic mass is 10.0. The molecule has 1 unspecified atom stereocenters. The van der Waals surface area contributed by atoms with E-state index in [0.29, 0.717) is 19.6 Å². The minimum Gasteiger partial charge on any atom is -0.339 e. The molecule has 23 heavy (non-hydrogen) atoms. The molecule has 6 nitrogen and oxygen atoms in total. The van der Waals surface area contributed by atoms with Gasteiger partial charge in [0.25, 0.3) is 0 Å². The molecule has 0 aliphatic carbocycles. The van der Waals surface area contributed by atoms with Gasteiger partial charge in [-0.05, 0) is 17.9 Å². The number of urea groups is 1. The van der Waals surface area contributed by atoms with Crippen molar-refractivity contribution >= 4 is 11.9 Å². The molecule has 0 radical (unpaired) electrons. The van der Waals surface area contributed by atoms with Gasteiger partial charge in [-0.2, -0.15) is 0 Å². The van der Waals surface area contributed by atoms with Crippen LogP contribution >= 0.6 is 0 Å². The molecule has 1 fully saturated rings. The number of carbonyl (C=O) groups excluding carboxylic acids is 2. The van der Waals surface area contributed by atoms with E-state index >= 15 is 0 Å². The molecule has 2 rings (SSSR count). The number of hydrogen-bond donors (Lipinski definition) is 3. The fourth-order valence-electron chi connectivity index (χ4n) is 2.67. The molecule has 4 N–H and O–H groups in total. The van der Waals surface area contributed by atoms with Crippen LogP contribution in [0.15, 0.2) is 30.3 Å². The second-order valence-corrected chi connectivity index (χ2v) is 6.37. The summed E-state index contributed by atoms with van der Waals surface area (Å²) in [4.78, 5) is 26.4. The van der Waals surface area contributed by atoms with Crippen molar-refractivity contribution in [2.45, 2.75) is 38.9 Å². The molecular formula is C17H26N4O2. The highest BCUT2D eigenvalue weighted by Gasteiger charge is 2.32. The molecule has 1 aliphatic heterocycles. The number of nitrogens with zero attached hydrogens (tertiary/aromatic N) is 1. The van der Waals surface area contributed by atoms with E-state index in [1.54, 1.807) is 4.90 Å². The highest BCUT2D eigenvalue weighted by Crippen LogP contribution is 2.12. The van der Waals surface area contributed by atoms with E-state index in [1.165, 1.54) is 0 Å². The van der Waals surface area contributed by atoms with Crippen molar-refractivity contribution in [3.8, 4) is 0 Å². The maximum Gasteiger partial charge on any atom is 0.315 e. The van der Waals surface area contributed by atoms with Crippen molar-refractivity contribution in [3.63, 3.8) is 0 Å². The Morgan fingerprint density at radius 3 is 2.57 bits per heavy atom. The van der Waals surface area contributed by atoms with Crippen LogP contribution < -0.4 is 16.4 Å².